The monoisotopic (exact) mass is 505 g/mol. The summed E-state index contributed by atoms with van der Waals surface area (Å²) in [7, 11) is 1.65. The van der Waals surface area contributed by atoms with Crippen LogP contribution in [0.3, 0.4) is 0 Å². The van der Waals surface area contributed by atoms with E-state index in [1.54, 1.807) is 7.11 Å². The first-order valence-electron chi connectivity index (χ1n) is 8.82. The van der Waals surface area contributed by atoms with Crippen LogP contribution in [0.1, 0.15) is 22.3 Å². The molecule has 3 aromatic rings. The van der Waals surface area contributed by atoms with Gasteiger partial charge in [-0.15, -0.1) is 0 Å². The molecule has 0 saturated heterocycles. The van der Waals surface area contributed by atoms with Crippen molar-refractivity contribution in [2.45, 2.75) is 20.5 Å². The van der Waals surface area contributed by atoms with Gasteiger partial charge in [-0.2, -0.15) is 0 Å². The lowest BCUT2D eigenvalue weighted by Crippen LogP contribution is -2.00. The van der Waals surface area contributed by atoms with E-state index in [1.807, 2.05) is 42.6 Å². The molecule has 0 atom stereocenters. The second kappa shape index (κ2) is 9.43. The van der Waals surface area contributed by atoms with Gasteiger partial charge in [-0.3, -0.25) is 4.99 Å². The molecule has 0 spiro atoms. The Balaban J connectivity index is 1.81. The predicted molar refractivity (Wildman–Crippen MR) is 125 cm³/mol. The fourth-order valence-electron chi connectivity index (χ4n) is 2.69. The molecule has 0 N–H and O–H groups in total. The highest BCUT2D eigenvalue weighted by Crippen LogP contribution is 2.34. The Labute approximate surface area is 184 Å². The maximum absolute atomic E-state index is 6.02. The number of halogens is 2. The first-order valence-corrected chi connectivity index (χ1v) is 10.3. The summed E-state index contributed by atoms with van der Waals surface area (Å²) in [6.07, 6.45) is 1.86. The van der Waals surface area contributed by atoms with Crippen LogP contribution in [0.4, 0.5) is 5.69 Å². The topological polar surface area (TPSA) is 30.8 Å². The van der Waals surface area contributed by atoms with Crippen LogP contribution in [0.25, 0.3) is 0 Å². The van der Waals surface area contributed by atoms with Crippen molar-refractivity contribution in [1.29, 1.82) is 0 Å². The lowest BCUT2D eigenvalue weighted by molar-refractivity contribution is 0.282. The van der Waals surface area contributed by atoms with E-state index in [2.05, 4.69) is 59.6 Å². The Hall–Kier alpha value is -2.05. The smallest absolute Gasteiger partial charge is 0.174 e. The first-order chi connectivity index (χ1) is 13.5. The summed E-state index contributed by atoms with van der Waals surface area (Å²) in [6.45, 7) is 4.57. The largest absolute Gasteiger partial charge is 0.493 e. The van der Waals surface area contributed by atoms with E-state index in [4.69, 9.17) is 21.1 Å². The van der Waals surface area contributed by atoms with Gasteiger partial charge >= 0.3 is 0 Å². The van der Waals surface area contributed by atoms with Crippen LogP contribution in [-0.4, -0.2) is 13.3 Å². The van der Waals surface area contributed by atoms with Crippen LogP contribution in [0.15, 0.2) is 59.6 Å². The van der Waals surface area contributed by atoms with Crippen molar-refractivity contribution < 1.29 is 9.47 Å². The number of rotatable bonds is 6. The van der Waals surface area contributed by atoms with Crippen LogP contribution < -0.4 is 9.47 Å². The highest BCUT2D eigenvalue weighted by Gasteiger charge is 2.11. The summed E-state index contributed by atoms with van der Waals surface area (Å²) in [5.74, 6) is 1.41. The third kappa shape index (κ3) is 5.26. The summed E-state index contributed by atoms with van der Waals surface area (Å²) >= 11 is 8.20. The van der Waals surface area contributed by atoms with Crippen LogP contribution in [-0.2, 0) is 6.61 Å². The van der Waals surface area contributed by atoms with Crippen LogP contribution in [0.2, 0.25) is 5.02 Å². The molecule has 0 unspecified atom stereocenters. The maximum Gasteiger partial charge on any atom is 0.174 e. The van der Waals surface area contributed by atoms with Crippen molar-refractivity contribution in [2.75, 3.05) is 7.11 Å². The predicted octanol–water partition coefficient (Wildman–Crippen LogP) is 6.90. The minimum absolute atomic E-state index is 0.444. The fourth-order valence-corrected chi connectivity index (χ4v) is 3.60. The number of benzene rings is 3. The maximum atomic E-state index is 6.02. The number of aliphatic imine (C=N–C) groups is 1. The summed E-state index contributed by atoms with van der Waals surface area (Å²) < 4.78 is 12.5. The average molecular weight is 506 g/mol. The van der Waals surface area contributed by atoms with Crippen LogP contribution >= 0.6 is 34.2 Å². The third-order valence-corrected chi connectivity index (χ3v) is 5.32. The minimum Gasteiger partial charge on any atom is -0.493 e. The molecule has 5 heteroatoms. The van der Waals surface area contributed by atoms with Gasteiger partial charge in [-0.1, -0.05) is 35.9 Å². The standard InChI is InChI=1S/C23H21ClINO2/c1-15-4-5-16(2)21(10-15)26-13-18-11-20(25)23(22(12-18)27-3)28-14-17-6-8-19(24)9-7-17/h4-13H,14H2,1-3H3. The van der Waals surface area contributed by atoms with Gasteiger partial charge in [0.15, 0.2) is 11.5 Å². The van der Waals surface area contributed by atoms with E-state index in [1.165, 1.54) is 5.56 Å². The molecule has 3 rings (SSSR count). The van der Waals surface area contributed by atoms with Gasteiger partial charge in [0.05, 0.1) is 16.4 Å². The molecule has 144 valence electrons. The Bertz CT molecular complexity index is 1000. The molecule has 0 saturated carbocycles. The minimum atomic E-state index is 0.444. The van der Waals surface area contributed by atoms with Gasteiger partial charge in [0.2, 0.25) is 0 Å². The van der Waals surface area contributed by atoms with Gasteiger partial charge in [-0.25, -0.2) is 0 Å². The molecule has 0 fully saturated rings. The van der Waals surface area contributed by atoms with Crippen LogP contribution in [0.5, 0.6) is 11.5 Å². The first kappa shape index (κ1) is 20.7. The van der Waals surface area contributed by atoms with E-state index < -0.39 is 0 Å². The SMILES string of the molecule is COc1cc(C=Nc2cc(C)ccc2C)cc(I)c1OCc1ccc(Cl)cc1. The summed E-state index contributed by atoms with van der Waals surface area (Å²) in [5, 5.41) is 0.711. The number of nitrogens with zero attached hydrogens (tertiary/aromatic N) is 1. The average Bonchev–Trinajstić information content (AvgIpc) is 2.68. The Morgan fingerprint density at radius 1 is 1.04 bits per heavy atom. The van der Waals surface area contributed by atoms with Gasteiger partial charge in [0.1, 0.15) is 6.61 Å². The van der Waals surface area contributed by atoms with E-state index >= 15 is 0 Å². The van der Waals surface area contributed by atoms with E-state index in [0.29, 0.717) is 17.4 Å². The molecule has 0 aliphatic rings. The Morgan fingerprint density at radius 2 is 1.79 bits per heavy atom. The molecule has 0 aromatic heterocycles. The third-order valence-electron chi connectivity index (χ3n) is 4.27. The molecular formula is C23H21ClINO2. The lowest BCUT2D eigenvalue weighted by Gasteiger charge is -2.13. The summed E-state index contributed by atoms with van der Waals surface area (Å²) in [5.41, 5.74) is 5.31. The van der Waals surface area contributed by atoms with Crippen molar-refractivity contribution in [3.63, 3.8) is 0 Å². The van der Waals surface area contributed by atoms with Crippen molar-refractivity contribution in [3.8, 4) is 11.5 Å². The molecule has 0 bridgehead atoms. The number of ether oxygens (including phenoxy) is 2. The molecular weight excluding hydrogens is 485 g/mol. The molecule has 0 aliphatic carbocycles. The van der Waals surface area contributed by atoms with E-state index in [0.717, 1.165) is 31.7 Å². The second-order valence-electron chi connectivity index (χ2n) is 6.50. The lowest BCUT2D eigenvalue weighted by atomic mass is 10.1. The van der Waals surface area contributed by atoms with Crippen molar-refractivity contribution in [1.82, 2.24) is 0 Å². The normalized spacial score (nSPS) is 11.0. The van der Waals surface area contributed by atoms with E-state index in [9.17, 15) is 0 Å². The summed E-state index contributed by atoms with van der Waals surface area (Å²) in [6, 6.07) is 17.8. The molecule has 3 nitrogen and oxygen atoms in total. The molecule has 0 aliphatic heterocycles. The number of aryl methyl sites for hydroxylation is 2. The highest BCUT2D eigenvalue weighted by molar-refractivity contribution is 14.1. The number of hydrogen-bond donors (Lipinski definition) is 0. The second-order valence-corrected chi connectivity index (χ2v) is 8.10. The zero-order chi connectivity index (χ0) is 20.1. The number of hydrogen-bond acceptors (Lipinski definition) is 3. The fraction of sp³-hybridized carbons (Fsp3) is 0.174. The van der Waals surface area contributed by atoms with Crippen molar-refractivity contribution in [3.05, 3.63) is 85.4 Å². The van der Waals surface area contributed by atoms with Gasteiger partial charge < -0.3 is 9.47 Å². The highest BCUT2D eigenvalue weighted by atomic mass is 127. The molecule has 3 aromatic carbocycles. The van der Waals surface area contributed by atoms with Gasteiger partial charge in [0.25, 0.3) is 0 Å². The zero-order valence-corrected chi connectivity index (χ0v) is 18.9. The van der Waals surface area contributed by atoms with Crippen molar-refractivity contribution >= 4 is 46.1 Å². The molecule has 0 radical (unpaired) electrons. The van der Waals surface area contributed by atoms with E-state index in [-0.39, 0.29) is 0 Å². The Morgan fingerprint density at radius 3 is 2.50 bits per heavy atom. The van der Waals surface area contributed by atoms with Crippen LogP contribution in [0, 0.1) is 17.4 Å². The summed E-state index contributed by atoms with van der Waals surface area (Å²) in [4.78, 5) is 4.65. The zero-order valence-electron chi connectivity index (χ0n) is 16.0. The molecule has 28 heavy (non-hydrogen) atoms. The quantitative estimate of drug-likeness (QED) is 0.269. The molecule has 0 amide bonds. The van der Waals surface area contributed by atoms with Gasteiger partial charge in [-0.05, 0) is 89.0 Å². The molecule has 0 heterocycles. The Kier molecular flexibility index (Phi) is 6.97. The number of methoxy groups -OCH3 is 1. The van der Waals surface area contributed by atoms with Crippen molar-refractivity contribution in [2.24, 2.45) is 4.99 Å². The van der Waals surface area contributed by atoms with Gasteiger partial charge in [0, 0.05) is 11.2 Å².